The summed E-state index contributed by atoms with van der Waals surface area (Å²) in [6, 6.07) is 10.0. The maximum absolute atomic E-state index is 12.4. The highest BCUT2D eigenvalue weighted by molar-refractivity contribution is 7.80. The highest BCUT2D eigenvalue weighted by atomic mass is 35.5. The minimum atomic E-state index is -1.21. The Morgan fingerprint density at radius 1 is 1.31 bits per heavy atom. The molecule has 0 bridgehead atoms. The number of methoxy groups -OCH3 is 1. The zero-order chi connectivity index (χ0) is 26.6. The fraction of sp³-hybridized carbons (Fsp3) is 0.630. The van der Waals surface area contributed by atoms with Crippen molar-refractivity contribution in [2.24, 2.45) is 5.41 Å². The van der Waals surface area contributed by atoms with E-state index in [-0.39, 0.29) is 17.7 Å². The zero-order valence-corrected chi connectivity index (χ0v) is 23.1. The van der Waals surface area contributed by atoms with Crippen LogP contribution in [-0.4, -0.2) is 65.4 Å². The van der Waals surface area contributed by atoms with Gasteiger partial charge in [-0.1, -0.05) is 42.0 Å². The van der Waals surface area contributed by atoms with E-state index in [1.54, 1.807) is 7.11 Å². The Hall–Kier alpha value is -1.58. The predicted octanol–water partition coefficient (Wildman–Crippen LogP) is 4.45. The summed E-state index contributed by atoms with van der Waals surface area (Å²) in [5.74, 6) is -0.753. The molecule has 1 saturated carbocycles. The standard InChI is InChI=1S/C27H38ClNO6S/c1-18(2)10-11-21-25(3,35-21)27(17-36)23(33-4)20(34-24(31)29-22(30)16-28)13-15-26(27,32)14-12-19-8-6-5-7-9-19/h5-10,20-21,23,32,36H,11-17H2,1-4H3,(H,29,30,31). The van der Waals surface area contributed by atoms with Crippen LogP contribution in [0.2, 0.25) is 0 Å². The minimum Gasteiger partial charge on any atom is -0.443 e. The monoisotopic (exact) mass is 539 g/mol. The molecule has 1 aromatic carbocycles. The van der Waals surface area contributed by atoms with E-state index in [0.29, 0.717) is 32.1 Å². The number of epoxide rings is 1. The molecule has 36 heavy (non-hydrogen) atoms. The fourth-order valence-corrected chi connectivity index (χ4v) is 6.73. The van der Waals surface area contributed by atoms with Gasteiger partial charge in [-0.2, -0.15) is 12.6 Å². The smallest absolute Gasteiger partial charge is 0.414 e. The lowest BCUT2D eigenvalue weighted by molar-refractivity contribution is -0.231. The second-order valence-corrected chi connectivity index (χ2v) is 10.8. The number of aryl methyl sites for hydroxylation is 1. The summed E-state index contributed by atoms with van der Waals surface area (Å²) in [5.41, 5.74) is -0.666. The summed E-state index contributed by atoms with van der Waals surface area (Å²) in [4.78, 5) is 24.0. The molecule has 7 nitrogen and oxygen atoms in total. The van der Waals surface area contributed by atoms with Crippen molar-refractivity contribution in [2.45, 2.75) is 82.4 Å². The Morgan fingerprint density at radius 3 is 2.58 bits per heavy atom. The molecule has 1 aliphatic heterocycles. The molecule has 6 atom stereocenters. The lowest BCUT2D eigenvalue weighted by Crippen LogP contribution is -2.70. The van der Waals surface area contributed by atoms with Gasteiger partial charge in [-0.15, -0.1) is 11.6 Å². The van der Waals surface area contributed by atoms with Crippen LogP contribution in [-0.2, 0) is 25.4 Å². The van der Waals surface area contributed by atoms with Crippen LogP contribution in [0.15, 0.2) is 42.0 Å². The van der Waals surface area contributed by atoms with Gasteiger partial charge in [0.15, 0.2) is 0 Å². The lowest BCUT2D eigenvalue weighted by Gasteiger charge is -2.58. The summed E-state index contributed by atoms with van der Waals surface area (Å²) in [5, 5.41) is 14.5. The van der Waals surface area contributed by atoms with E-state index < -0.39 is 40.8 Å². The van der Waals surface area contributed by atoms with Gasteiger partial charge in [-0.3, -0.25) is 10.1 Å². The number of alkyl carbamates (subject to hydrolysis) is 1. The fourth-order valence-electron chi connectivity index (χ4n) is 5.88. The number of hydrogen-bond acceptors (Lipinski definition) is 7. The number of ether oxygens (including phenoxy) is 3. The van der Waals surface area contributed by atoms with E-state index in [2.05, 4.69) is 11.4 Å². The first-order chi connectivity index (χ1) is 17.1. The van der Waals surface area contributed by atoms with E-state index in [4.69, 9.17) is 38.4 Å². The Balaban J connectivity index is 1.97. The first kappa shape index (κ1) is 29.0. The van der Waals surface area contributed by atoms with Gasteiger partial charge >= 0.3 is 6.09 Å². The number of hydrogen-bond donors (Lipinski definition) is 3. The Kier molecular flexibility index (Phi) is 9.55. The minimum absolute atomic E-state index is 0.147. The number of nitrogens with one attached hydrogen (secondary N) is 1. The molecule has 200 valence electrons. The molecule has 2 N–H and O–H groups in total. The first-order valence-electron chi connectivity index (χ1n) is 12.3. The van der Waals surface area contributed by atoms with Crippen LogP contribution in [0.5, 0.6) is 0 Å². The second kappa shape index (κ2) is 11.9. The zero-order valence-electron chi connectivity index (χ0n) is 21.5. The van der Waals surface area contributed by atoms with E-state index in [0.717, 1.165) is 5.56 Å². The molecule has 1 saturated heterocycles. The summed E-state index contributed by atoms with van der Waals surface area (Å²) >= 11 is 10.3. The molecule has 2 aliphatic rings. The van der Waals surface area contributed by atoms with Crippen LogP contribution in [0, 0.1) is 5.41 Å². The van der Waals surface area contributed by atoms with E-state index in [1.807, 2.05) is 51.1 Å². The van der Waals surface area contributed by atoms with Gasteiger partial charge < -0.3 is 19.3 Å². The van der Waals surface area contributed by atoms with Gasteiger partial charge in [-0.05, 0) is 58.4 Å². The average Bonchev–Trinajstić information content (AvgIpc) is 3.53. The molecule has 0 spiro atoms. The molecule has 0 aromatic heterocycles. The van der Waals surface area contributed by atoms with Crippen molar-refractivity contribution in [3.8, 4) is 0 Å². The molecule has 3 rings (SSSR count). The Morgan fingerprint density at radius 2 is 2.00 bits per heavy atom. The van der Waals surface area contributed by atoms with Gasteiger partial charge in [0.2, 0.25) is 5.91 Å². The average molecular weight is 540 g/mol. The predicted molar refractivity (Wildman–Crippen MR) is 142 cm³/mol. The van der Waals surface area contributed by atoms with Gasteiger partial charge in [0.05, 0.1) is 17.1 Å². The molecule has 6 unspecified atom stereocenters. The first-order valence-corrected chi connectivity index (χ1v) is 13.5. The number of halogens is 1. The van der Waals surface area contributed by atoms with Crippen LogP contribution < -0.4 is 5.32 Å². The number of alkyl halides is 1. The van der Waals surface area contributed by atoms with Gasteiger partial charge in [0, 0.05) is 12.9 Å². The Bertz CT molecular complexity index is 957. The maximum atomic E-state index is 12.4. The number of thiol groups is 1. The Labute approximate surface area is 224 Å². The van der Waals surface area contributed by atoms with Gasteiger partial charge in [-0.25, -0.2) is 4.79 Å². The molecular formula is C27H38ClNO6S. The lowest BCUT2D eigenvalue weighted by atomic mass is 9.53. The van der Waals surface area contributed by atoms with E-state index in [1.165, 1.54) is 5.57 Å². The number of amides is 2. The quantitative estimate of drug-likeness (QED) is 0.176. The van der Waals surface area contributed by atoms with Crippen LogP contribution in [0.25, 0.3) is 0 Å². The molecule has 2 fully saturated rings. The number of imide groups is 1. The van der Waals surface area contributed by atoms with Crippen molar-refractivity contribution < 1.29 is 28.9 Å². The van der Waals surface area contributed by atoms with Crippen molar-refractivity contribution in [3.05, 3.63) is 47.5 Å². The number of benzene rings is 1. The van der Waals surface area contributed by atoms with Crippen LogP contribution in [0.3, 0.4) is 0 Å². The topological polar surface area (TPSA) is 97.4 Å². The van der Waals surface area contributed by atoms with Crippen LogP contribution >= 0.6 is 24.2 Å². The third-order valence-electron chi connectivity index (χ3n) is 7.86. The third kappa shape index (κ3) is 5.63. The SMILES string of the molecule is COC1C(OC(=O)NC(=O)CCl)CCC(O)(CCc2ccccc2)C1(CS)C1(C)OC1CC=C(C)C. The van der Waals surface area contributed by atoms with Crippen LogP contribution in [0.1, 0.15) is 52.0 Å². The molecule has 1 aromatic rings. The highest BCUT2D eigenvalue weighted by Gasteiger charge is 2.76. The highest BCUT2D eigenvalue weighted by Crippen LogP contribution is 2.64. The number of rotatable bonds is 10. The summed E-state index contributed by atoms with van der Waals surface area (Å²) < 4.78 is 18.0. The molecular weight excluding hydrogens is 502 g/mol. The molecule has 1 aliphatic carbocycles. The van der Waals surface area contributed by atoms with Crippen molar-refractivity contribution in [1.82, 2.24) is 5.32 Å². The van der Waals surface area contributed by atoms with E-state index in [9.17, 15) is 14.7 Å². The molecule has 0 radical (unpaired) electrons. The summed E-state index contributed by atoms with van der Waals surface area (Å²) in [7, 11) is 1.54. The van der Waals surface area contributed by atoms with Crippen LogP contribution in [0.4, 0.5) is 4.79 Å². The summed E-state index contributed by atoms with van der Waals surface area (Å²) in [6.07, 6.45) is 2.18. The van der Waals surface area contributed by atoms with Crippen molar-refractivity contribution >= 4 is 36.2 Å². The number of carbonyl (C=O) groups excluding carboxylic acids is 2. The van der Waals surface area contributed by atoms with Crippen molar-refractivity contribution in [3.63, 3.8) is 0 Å². The molecule has 9 heteroatoms. The van der Waals surface area contributed by atoms with Crippen molar-refractivity contribution in [1.29, 1.82) is 0 Å². The summed E-state index contributed by atoms with van der Waals surface area (Å²) in [6.45, 7) is 6.06. The normalized spacial score (nSPS) is 33.5. The van der Waals surface area contributed by atoms with Gasteiger partial charge in [0.1, 0.15) is 23.7 Å². The number of aliphatic hydroxyl groups is 1. The van der Waals surface area contributed by atoms with Gasteiger partial charge in [0.25, 0.3) is 0 Å². The number of allylic oxidation sites excluding steroid dienone is 1. The second-order valence-electron chi connectivity index (χ2n) is 10.2. The van der Waals surface area contributed by atoms with E-state index >= 15 is 0 Å². The third-order valence-corrected chi connectivity index (χ3v) is 8.60. The molecule has 1 heterocycles. The number of carbonyl (C=O) groups is 2. The van der Waals surface area contributed by atoms with Crippen molar-refractivity contribution in [2.75, 3.05) is 18.7 Å². The largest absolute Gasteiger partial charge is 0.443 e. The molecule has 2 amide bonds. The maximum Gasteiger partial charge on any atom is 0.414 e.